The van der Waals surface area contributed by atoms with E-state index in [0.717, 1.165) is 31.8 Å². The van der Waals surface area contributed by atoms with Crippen molar-refractivity contribution in [3.63, 3.8) is 0 Å². The Morgan fingerprint density at radius 1 is 1.00 bits per heavy atom. The average Bonchev–Trinajstić information content (AvgIpc) is 2.40. The Balaban J connectivity index is 1.69. The molecular formula is C17H32N2O2. The van der Waals surface area contributed by atoms with Crippen LogP contribution in [0.4, 0.5) is 4.79 Å². The third kappa shape index (κ3) is 5.50. The number of piperidine rings is 1. The highest BCUT2D eigenvalue weighted by molar-refractivity contribution is 5.68. The number of carbonyl (C=O) groups excluding carboxylic acids is 1. The summed E-state index contributed by atoms with van der Waals surface area (Å²) in [5.74, 6) is 0.900. The molecule has 1 saturated heterocycles. The number of carbonyl (C=O) groups is 1. The third-order valence-corrected chi connectivity index (χ3v) is 4.63. The van der Waals surface area contributed by atoms with Gasteiger partial charge in [0.2, 0.25) is 0 Å². The van der Waals surface area contributed by atoms with Gasteiger partial charge in [-0.2, -0.15) is 0 Å². The van der Waals surface area contributed by atoms with Gasteiger partial charge < -0.3 is 15.0 Å². The first-order chi connectivity index (χ1) is 9.83. The van der Waals surface area contributed by atoms with Crippen molar-refractivity contribution in [3.8, 4) is 0 Å². The summed E-state index contributed by atoms with van der Waals surface area (Å²) in [4.78, 5) is 13.9. The fraction of sp³-hybridized carbons (Fsp3) is 0.941. The highest BCUT2D eigenvalue weighted by atomic mass is 16.6. The molecule has 4 heteroatoms. The Morgan fingerprint density at radius 3 is 2.05 bits per heavy atom. The molecule has 0 atom stereocenters. The number of nitrogens with one attached hydrogen (secondary N) is 1. The Kier molecular flexibility index (Phi) is 5.53. The van der Waals surface area contributed by atoms with E-state index in [1.165, 1.54) is 25.7 Å². The first kappa shape index (κ1) is 16.6. The number of nitrogens with zero attached hydrogens (tertiary/aromatic N) is 1. The lowest BCUT2D eigenvalue weighted by Gasteiger charge is -2.36. The van der Waals surface area contributed by atoms with Crippen molar-refractivity contribution < 1.29 is 9.53 Å². The number of amides is 1. The lowest BCUT2D eigenvalue weighted by Crippen LogP contribution is -2.49. The van der Waals surface area contributed by atoms with Crippen molar-refractivity contribution in [2.24, 2.45) is 5.92 Å². The van der Waals surface area contributed by atoms with Crippen LogP contribution in [0.3, 0.4) is 0 Å². The van der Waals surface area contributed by atoms with Gasteiger partial charge in [-0.15, -0.1) is 0 Å². The highest BCUT2D eigenvalue weighted by Crippen LogP contribution is 2.25. The van der Waals surface area contributed by atoms with E-state index in [4.69, 9.17) is 4.74 Å². The van der Waals surface area contributed by atoms with Gasteiger partial charge in [-0.05, 0) is 65.2 Å². The van der Waals surface area contributed by atoms with Crippen LogP contribution < -0.4 is 5.32 Å². The van der Waals surface area contributed by atoms with Gasteiger partial charge in [-0.25, -0.2) is 4.79 Å². The molecule has 21 heavy (non-hydrogen) atoms. The first-order valence-electron chi connectivity index (χ1n) is 8.57. The number of ether oxygens (including phenoxy) is 1. The standard InChI is InChI=1S/C17H32N2O2/c1-13-5-7-14(8-6-13)18-15-9-11-19(12-10-15)16(20)21-17(2,3)4/h13-15,18H,5-12H2,1-4H3/t13-,14-. The Morgan fingerprint density at radius 2 is 1.52 bits per heavy atom. The third-order valence-electron chi connectivity index (χ3n) is 4.63. The lowest BCUT2D eigenvalue weighted by molar-refractivity contribution is 0.0194. The molecule has 2 fully saturated rings. The number of hydrogen-bond donors (Lipinski definition) is 1. The van der Waals surface area contributed by atoms with Crippen molar-refractivity contribution in [2.75, 3.05) is 13.1 Å². The highest BCUT2D eigenvalue weighted by Gasteiger charge is 2.28. The van der Waals surface area contributed by atoms with E-state index < -0.39 is 5.60 Å². The topological polar surface area (TPSA) is 41.6 Å². The molecule has 0 aromatic carbocycles. The predicted molar refractivity (Wildman–Crippen MR) is 85.4 cm³/mol. The Bertz CT molecular complexity index is 335. The Labute approximate surface area is 129 Å². The van der Waals surface area contributed by atoms with E-state index in [-0.39, 0.29) is 6.09 Å². The minimum Gasteiger partial charge on any atom is -0.444 e. The maximum atomic E-state index is 12.0. The zero-order valence-corrected chi connectivity index (χ0v) is 14.2. The van der Waals surface area contributed by atoms with E-state index in [1.807, 2.05) is 25.7 Å². The van der Waals surface area contributed by atoms with Gasteiger partial charge in [0.25, 0.3) is 0 Å². The quantitative estimate of drug-likeness (QED) is 0.847. The van der Waals surface area contributed by atoms with E-state index in [2.05, 4.69) is 12.2 Å². The summed E-state index contributed by atoms with van der Waals surface area (Å²) in [5, 5.41) is 3.81. The van der Waals surface area contributed by atoms with E-state index in [0.29, 0.717) is 12.1 Å². The molecule has 1 saturated carbocycles. The minimum atomic E-state index is -0.398. The second-order valence-corrected chi connectivity index (χ2v) is 7.87. The molecule has 2 aliphatic rings. The summed E-state index contributed by atoms with van der Waals surface area (Å²) >= 11 is 0. The van der Waals surface area contributed by atoms with Crippen molar-refractivity contribution in [1.82, 2.24) is 10.2 Å². The average molecular weight is 296 g/mol. The van der Waals surface area contributed by atoms with Crippen LogP contribution in [-0.2, 0) is 4.74 Å². The molecule has 0 unspecified atom stereocenters. The SMILES string of the molecule is CC(C)(C)OC(=O)N1CCC(N[C@H]2CC[C@H](C)CC2)CC1. The molecule has 1 amide bonds. The molecule has 0 spiro atoms. The van der Waals surface area contributed by atoms with Crippen LogP contribution in [0.1, 0.15) is 66.2 Å². The number of rotatable bonds is 2. The monoisotopic (exact) mass is 296 g/mol. The molecule has 1 heterocycles. The van der Waals surface area contributed by atoms with Crippen molar-refractivity contribution >= 4 is 6.09 Å². The predicted octanol–water partition coefficient (Wildman–Crippen LogP) is 3.55. The zero-order valence-electron chi connectivity index (χ0n) is 14.2. The normalized spacial score (nSPS) is 28.5. The smallest absolute Gasteiger partial charge is 0.410 e. The fourth-order valence-electron chi connectivity index (χ4n) is 3.32. The second kappa shape index (κ2) is 6.99. The van der Waals surface area contributed by atoms with Crippen molar-refractivity contribution in [2.45, 2.75) is 83.9 Å². The molecule has 0 bridgehead atoms. The molecule has 0 aromatic rings. The van der Waals surface area contributed by atoms with Gasteiger partial charge in [-0.3, -0.25) is 0 Å². The summed E-state index contributed by atoms with van der Waals surface area (Å²) in [6, 6.07) is 1.27. The minimum absolute atomic E-state index is 0.160. The Hall–Kier alpha value is -0.770. The van der Waals surface area contributed by atoms with Gasteiger partial charge in [0.1, 0.15) is 5.60 Å². The van der Waals surface area contributed by atoms with E-state index in [9.17, 15) is 4.79 Å². The molecule has 0 radical (unpaired) electrons. The largest absolute Gasteiger partial charge is 0.444 e. The van der Waals surface area contributed by atoms with Crippen LogP contribution >= 0.6 is 0 Å². The van der Waals surface area contributed by atoms with Crippen LogP contribution in [0.2, 0.25) is 0 Å². The molecule has 1 aliphatic carbocycles. The van der Waals surface area contributed by atoms with Gasteiger partial charge in [0.15, 0.2) is 0 Å². The van der Waals surface area contributed by atoms with E-state index >= 15 is 0 Å². The second-order valence-electron chi connectivity index (χ2n) is 7.87. The molecule has 0 aromatic heterocycles. The van der Waals surface area contributed by atoms with Crippen molar-refractivity contribution in [3.05, 3.63) is 0 Å². The molecule has 1 aliphatic heterocycles. The van der Waals surface area contributed by atoms with Crippen LogP contribution in [0.25, 0.3) is 0 Å². The summed E-state index contributed by atoms with van der Waals surface area (Å²) in [7, 11) is 0. The van der Waals surface area contributed by atoms with Gasteiger partial charge in [0.05, 0.1) is 0 Å². The maximum absolute atomic E-state index is 12.0. The van der Waals surface area contributed by atoms with Crippen LogP contribution in [-0.4, -0.2) is 41.8 Å². The molecule has 122 valence electrons. The van der Waals surface area contributed by atoms with Gasteiger partial charge in [0, 0.05) is 25.2 Å². The lowest BCUT2D eigenvalue weighted by atomic mass is 9.86. The van der Waals surface area contributed by atoms with Gasteiger partial charge in [-0.1, -0.05) is 6.92 Å². The molecule has 1 N–H and O–H groups in total. The zero-order chi connectivity index (χ0) is 15.5. The van der Waals surface area contributed by atoms with Crippen molar-refractivity contribution in [1.29, 1.82) is 0 Å². The molecule has 2 rings (SSSR count). The summed E-state index contributed by atoms with van der Waals surface area (Å²) in [6.07, 6.45) is 7.27. The number of hydrogen-bond acceptors (Lipinski definition) is 3. The van der Waals surface area contributed by atoms with Crippen LogP contribution in [0.15, 0.2) is 0 Å². The van der Waals surface area contributed by atoms with Gasteiger partial charge >= 0.3 is 6.09 Å². The summed E-state index contributed by atoms with van der Waals surface area (Å²) < 4.78 is 5.44. The van der Waals surface area contributed by atoms with Crippen LogP contribution in [0, 0.1) is 5.92 Å². The summed E-state index contributed by atoms with van der Waals surface area (Å²) in [6.45, 7) is 9.75. The maximum Gasteiger partial charge on any atom is 0.410 e. The number of likely N-dealkylation sites (tertiary alicyclic amines) is 1. The van der Waals surface area contributed by atoms with Crippen LogP contribution in [0.5, 0.6) is 0 Å². The molecule has 4 nitrogen and oxygen atoms in total. The first-order valence-corrected chi connectivity index (χ1v) is 8.57. The fourth-order valence-corrected chi connectivity index (χ4v) is 3.32. The molecular weight excluding hydrogens is 264 g/mol. The summed E-state index contributed by atoms with van der Waals surface area (Å²) in [5.41, 5.74) is -0.398. The van der Waals surface area contributed by atoms with E-state index in [1.54, 1.807) is 0 Å².